The molecule has 2 saturated heterocycles. The monoisotopic (exact) mass is 652 g/mol. The fraction of sp³-hybridized carbons (Fsp3) is 0.515. The van der Waals surface area contributed by atoms with E-state index >= 15 is 0 Å². The molecule has 0 aromatic heterocycles. The summed E-state index contributed by atoms with van der Waals surface area (Å²) in [5, 5.41) is 5.09. The third-order valence-corrected chi connectivity index (χ3v) is 8.41. The van der Waals surface area contributed by atoms with Crippen LogP contribution in [-0.4, -0.2) is 117 Å². The van der Waals surface area contributed by atoms with Crippen LogP contribution in [0.3, 0.4) is 0 Å². The lowest BCUT2D eigenvalue weighted by atomic mass is 10.0. The van der Waals surface area contributed by atoms with E-state index in [0.717, 1.165) is 28.2 Å². The highest BCUT2D eigenvalue weighted by molar-refractivity contribution is 6.03. The lowest BCUT2D eigenvalue weighted by Crippen LogP contribution is -2.60. The summed E-state index contributed by atoms with van der Waals surface area (Å²) >= 11 is 0. The van der Waals surface area contributed by atoms with Gasteiger partial charge in [-0.25, -0.2) is 4.99 Å². The van der Waals surface area contributed by atoms with Crippen molar-refractivity contribution in [2.75, 3.05) is 60.7 Å². The van der Waals surface area contributed by atoms with Crippen molar-refractivity contribution in [2.45, 2.75) is 51.5 Å². The average Bonchev–Trinajstić information content (AvgIpc) is 3.05. The molecule has 0 bridgehead atoms. The average molecular weight is 653 g/mol. The van der Waals surface area contributed by atoms with Crippen molar-refractivity contribution in [3.05, 3.63) is 41.7 Å². The van der Waals surface area contributed by atoms with Crippen LogP contribution in [0.2, 0.25) is 0 Å². The Hall–Kier alpha value is -4.72. The maximum atomic E-state index is 12.6. The topological polar surface area (TPSA) is 159 Å². The second kappa shape index (κ2) is 16.2. The molecule has 1 aromatic carbocycles. The first kappa shape index (κ1) is 35.1. The van der Waals surface area contributed by atoms with Gasteiger partial charge in [-0.3, -0.25) is 29.3 Å². The SMILES string of the molecule is C=C1C(C)=NC(c2cc(OC)c(CCCC(=O)NCCOCCC(=O)N3CCN(C4CCC(=O)NC4=O)C(=O)C3)c(OC)c2)=CN1C. The molecule has 1 unspecified atom stereocenters. The minimum Gasteiger partial charge on any atom is -0.496 e. The summed E-state index contributed by atoms with van der Waals surface area (Å²) in [4.78, 5) is 70.6. The van der Waals surface area contributed by atoms with Gasteiger partial charge in [0.05, 0.1) is 57.5 Å². The quantitative estimate of drug-likeness (QED) is 0.223. The highest BCUT2D eigenvalue weighted by Gasteiger charge is 2.37. The summed E-state index contributed by atoms with van der Waals surface area (Å²) in [6.45, 7) is 7.05. The zero-order valence-electron chi connectivity index (χ0n) is 27.6. The van der Waals surface area contributed by atoms with Gasteiger partial charge in [-0.1, -0.05) is 6.58 Å². The fourth-order valence-electron chi connectivity index (χ4n) is 5.71. The Labute approximate surface area is 274 Å². The van der Waals surface area contributed by atoms with Gasteiger partial charge in [-0.2, -0.15) is 0 Å². The standard InChI is InChI=1S/C33H44N6O8/c1-21-22(2)37(3)19-25(35-21)23-17-27(45-4)24(28(18-23)46-5)7-6-8-29(40)34-12-16-47-15-11-31(42)38-13-14-39(32(43)20-38)26-9-10-30(41)36-33(26)44/h17-19,26H,2,6-16,20H2,1,3-5H3,(H,34,40)(H,36,41,44). The van der Waals surface area contributed by atoms with Crippen molar-refractivity contribution in [1.29, 1.82) is 0 Å². The number of nitrogens with one attached hydrogen (secondary N) is 2. The first-order valence-corrected chi connectivity index (χ1v) is 15.7. The Morgan fingerprint density at radius 3 is 2.45 bits per heavy atom. The summed E-state index contributed by atoms with van der Waals surface area (Å²) in [6.07, 6.45) is 3.92. The Morgan fingerprint density at radius 2 is 1.81 bits per heavy atom. The number of imide groups is 1. The van der Waals surface area contributed by atoms with Crippen molar-refractivity contribution in [3.8, 4) is 11.5 Å². The lowest BCUT2D eigenvalue weighted by molar-refractivity contribution is -0.152. The van der Waals surface area contributed by atoms with E-state index in [-0.39, 0.29) is 69.2 Å². The number of amides is 5. The number of carbonyl (C=O) groups is 5. The van der Waals surface area contributed by atoms with Crippen molar-refractivity contribution in [1.82, 2.24) is 25.3 Å². The van der Waals surface area contributed by atoms with E-state index in [1.165, 1.54) is 9.80 Å². The first-order valence-electron chi connectivity index (χ1n) is 15.7. The second-order valence-electron chi connectivity index (χ2n) is 11.6. The fourth-order valence-corrected chi connectivity index (χ4v) is 5.71. The molecule has 0 saturated carbocycles. The van der Waals surface area contributed by atoms with E-state index in [4.69, 9.17) is 14.2 Å². The summed E-state index contributed by atoms with van der Waals surface area (Å²) < 4.78 is 16.9. The molecule has 254 valence electrons. The number of nitrogens with zero attached hydrogens (tertiary/aromatic N) is 4. The Morgan fingerprint density at radius 1 is 1.09 bits per heavy atom. The molecule has 2 fully saturated rings. The third-order valence-electron chi connectivity index (χ3n) is 8.41. The summed E-state index contributed by atoms with van der Waals surface area (Å²) in [7, 11) is 5.12. The highest BCUT2D eigenvalue weighted by atomic mass is 16.5. The Bertz CT molecular complexity index is 1450. The smallest absolute Gasteiger partial charge is 0.249 e. The maximum Gasteiger partial charge on any atom is 0.249 e. The van der Waals surface area contributed by atoms with Crippen LogP contribution >= 0.6 is 0 Å². The van der Waals surface area contributed by atoms with Crippen LogP contribution in [0, 0.1) is 0 Å². The molecule has 4 rings (SSSR count). The number of hydrogen-bond donors (Lipinski definition) is 2. The Balaban J connectivity index is 1.13. The largest absolute Gasteiger partial charge is 0.496 e. The molecule has 0 aliphatic carbocycles. The summed E-state index contributed by atoms with van der Waals surface area (Å²) in [6, 6.07) is 3.16. The lowest BCUT2D eigenvalue weighted by Gasteiger charge is -2.39. The molecule has 1 aromatic rings. The molecular formula is C33H44N6O8. The molecule has 1 atom stereocenters. The van der Waals surface area contributed by atoms with E-state index in [1.807, 2.05) is 37.2 Å². The molecule has 0 radical (unpaired) electrons. The predicted octanol–water partition coefficient (Wildman–Crippen LogP) is 1.24. The number of hydrogen-bond acceptors (Lipinski definition) is 10. The number of benzene rings is 1. The van der Waals surface area contributed by atoms with Crippen molar-refractivity contribution in [3.63, 3.8) is 0 Å². The van der Waals surface area contributed by atoms with Gasteiger partial charge in [-0.15, -0.1) is 0 Å². The van der Waals surface area contributed by atoms with E-state index in [0.29, 0.717) is 43.9 Å². The molecule has 14 heteroatoms. The van der Waals surface area contributed by atoms with Crippen molar-refractivity contribution >= 4 is 40.9 Å². The molecule has 3 aliphatic rings. The molecule has 0 spiro atoms. The van der Waals surface area contributed by atoms with Gasteiger partial charge in [-0.05, 0) is 38.3 Å². The first-order chi connectivity index (χ1) is 22.5. The Kier molecular flexibility index (Phi) is 12.1. The van der Waals surface area contributed by atoms with Crippen LogP contribution in [0.1, 0.15) is 50.2 Å². The van der Waals surface area contributed by atoms with E-state index in [9.17, 15) is 24.0 Å². The van der Waals surface area contributed by atoms with Crippen molar-refractivity contribution < 1.29 is 38.2 Å². The summed E-state index contributed by atoms with van der Waals surface area (Å²) in [5.74, 6) is -0.161. The number of aliphatic imine (C=N–C) groups is 1. The second-order valence-corrected chi connectivity index (χ2v) is 11.6. The molecule has 47 heavy (non-hydrogen) atoms. The molecule has 14 nitrogen and oxygen atoms in total. The zero-order valence-corrected chi connectivity index (χ0v) is 27.6. The van der Waals surface area contributed by atoms with Gasteiger partial charge in [0.2, 0.25) is 29.5 Å². The minimum atomic E-state index is -0.679. The third kappa shape index (κ3) is 8.97. The predicted molar refractivity (Wildman–Crippen MR) is 173 cm³/mol. The number of rotatable bonds is 14. The minimum absolute atomic E-state index is 0.0946. The van der Waals surface area contributed by atoms with Gasteiger partial charge in [0.25, 0.3) is 0 Å². The van der Waals surface area contributed by atoms with Gasteiger partial charge in [0.1, 0.15) is 17.5 Å². The summed E-state index contributed by atoms with van der Waals surface area (Å²) in [5.41, 5.74) is 4.15. The van der Waals surface area contributed by atoms with E-state index in [1.54, 1.807) is 14.2 Å². The number of ether oxygens (including phenoxy) is 3. The number of carbonyl (C=O) groups excluding carboxylic acids is 5. The normalized spacial score (nSPS) is 18.5. The molecule has 2 N–H and O–H groups in total. The highest BCUT2D eigenvalue weighted by Crippen LogP contribution is 2.36. The zero-order chi connectivity index (χ0) is 34.1. The van der Waals surface area contributed by atoms with Crippen LogP contribution in [-0.2, 0) is 35.1 Å². The van der Waals surface area contributed by atoms with Crippen LogP contribution < -0.4 is 20.1 Å². The number of piperidine rings is 1. The molecule has 3 aliphatic heterocycles. The van der Waals surface area contributed by atoms with E-state index < -0.39 is 11.9 Å². The van der Waals surface area contributed by atoms with Gasteiger partial charge in [0, 0.05) is 56.9 Å². The maximum absolute atomic E-state index is 12.6. The van der Waals surface area contributed by atoms with Crippen LogP contribution in [0.4, 0.5) is 0 Å². The van der Waals surface area contributed by atoms with Gasteiger partial charge < -0.3 is 34.2 Å². The number of methoxy groups -OCH3 is 2. The van der Waals surface area contributed by atoms with Crippen LogP contribution in [0.5, 0.6) is 11.5 Å². The number of allylic oxidation sites excluding steroid dienone is 1. The number of piperazine rings is 1. The van der Waals surface area contributed by atoms with Crippen molar-refractivity contribution in [2.24, 2.45) is 4.99 Å². The molecule has 5 amide bonds. The van der Waals surface area contributed by atoms with E-state index in [2.05, 4.69) is 22.2 Å². The molecule has 3 heterocycles. The van der Waals surface area contributed by atoms with Gasteiger partial charge >= 0.3 is 0 Å². The molecular weight excluding hydrogens is 608 g/mol. The van der Waals surface area contributed by atoms with Crippen LogP contribution in [0.25, 0.3) is 5.70 Å². The van der Waals surface area contributed by atoms with Gasteiger partial charge in [0.15, 0.2) is 0 Å². The van der Waals surface area contributed by atoms with Crippen LogP contribution in [0.15, 0.2) is 35.6 Å².